The molecule has 0 bridgehead atoms. The number of aldehydes is 1. The SMILES string of the molecule is C#CC(=O)OCC.CCOC(=O)c1cc2n(n1)CSCC2.CCOC(=O)c1cnn2c1CCSC2.NC1CCSC1=O.O=C(O)C1CCSCN1.O=C1ON=[N+]2CSCCC12.O=Cc1cc2n(n1)CSCC2.O=NN1CSCCC1C(=O)O. The van der Waals surface area contributed by atoms with Gasteiger partial charge in [-0.05, 0) is 82.9 Å². The summed E-state index contributed by atoms with van der Waals surface area (Å²) >= 11 is 11.9. The van der Waals surface area contributed by atoms with Gasteiger partial charge in [0.25, 0.3) is 6.04 Å². The molecule has 456 valence electrons. The second-order valence-electron chi connectivity index (χ2n) is 17.3. The van der Waals surface area contributed by atoms with Crippen LogP contribution >= 0.6 is 82.3 Å². The van der Waals surface area contributed by atoms with Gasteiger partial charge in [-0.25, -0.2) is 29.0 Å². The van der Waals surface area contributed by atoms with Gasteiger partial charge < -0.3 is 30.2 Å². The molecule has 8 aliphatic heterocycles. The molecule has 34 heteroatoms. The van der Waals surface area contributed by atoms with Crippen molar-refractivity contribution in [2.75, 3.05) is 77.7 Å². The molecule has 0 saturated carbocycles. The molecule has 27 nitrogen and oxygen atoms in total. The van der Waals surface area contributed by atoms with E-state index in [1.165, 1.54) is 29.2 Å². The Balaban J connectivity index is 0.000000206. The third-order valence-corrected chi connectivity index (χ3v) is 18.3. The van der Waals surface area contributed by atoms with Crippen molar-refractivity contribution < 1.29 is 72.3 Å². The third kappa shape index (κ3) is 24.3. The van der Waals surface area contributed by atoms with Crippen LogP contribution in [0.3, 0.4) is 0 Å². The van der Waals surface area contributed by atoms with Crippen molar-refractivity contribution in [2.45, 2.75) is 108 Å². The van der Waals surface area contributed by atoms with Gasteiger partial charge in [-0.1, -0.05) is 28.2 Å². The van der Waals surface area contributed by atoms with E-state index in [1.807, 2.05) is 68.4 Å². The van der Waals surface area contributed by atoms with Crippen LogP contribution in [0.5, 0.6) is 0 Å². The van der Waals surface area contributed by atoms with Gasteiger partial charge in [0.05, 0.1) is 66.5 Å². The van der Waals surface area contributed by atoms with Crippen LogP contribution in [0.15, 0.2) is 28.9 Å². The van der Waals surface area contributed by atoms with Crippen LogP contribution < -0.4 is 11.1 Å². The van der Waals surface area contributed by atoms with E-state index >= 15 is 0 Å². The molecule has 5 N–H and O–H groups in total. The number of aryl methyl sites for hydroxylation is 2. The molecule has 4 atom stereocenters. The molecule has 3 aromatic rings. The van der Waals surface area contributed by atoms with Crippen LogP contribution in [0, 0.1) is 17.3 Å². The van der Waals surface area contributed by atoms with Gasteiger partial charge in [0.1, 0.15) is 23.3 Å². The molecular formula is C49H69N12O15S7+. The van der Waals surface area contributed by atoms with Crippen molar-refractivity contribution >= 4 is 130 Å². The van der Waals surface area contributed by atoms with Crippen molar-refractivity contribution in [2.24, 2.45) is 16.3 Å². The van der Waals surface area contributed by atoms with Gasteiger partial charge in [0.2, 0.25) is 11.0 Å². The number of aromatic nitrogens is 6. The minimum Gasteiger partial charge on any atom is -0.480 e. The fourth-order valence-electron chi connectivity index (χ4n) is 7.48. The summed E-state index contributed by atoms with van der Waals surface area (Å²) in [4.78, 5) is 99.7. The van der Waals surface area contributed by atoms with E-state index in [4.69, 9.17) is 25.4 Å². The van der Waals surface area contributed by atoms with E-state index in [0.29, 0.717) is 49.1 Å². The van der Waals surface area contributed by atoms with Gasteiger partial charge in [-0.15, -0.1) is 70.1 Å². The highest BCUT2D eigenvalue weighted by molar-refractivity contribution is 8.14. The Hall–Kier alpha value is -5.28. The summed E-state index contributed by atoms with van der Waals surface area (Å²) in [5, 5.41) is 39.8. The number of esters is 3. The molecule has 0 amide bonds. The first-order valence-electron chi connectivity index (χ1n) is 26.1. The van der Waals surface area contributed by atoms with Crippen LogP contribution in [0.25, 0.3) is 0 Å². The number of fused-ring (bicyclic) bond motifs is 4. The van der Waals surface area contributed by atoms with Gasteiger partial charge in [0.15, 0.2) is 17.3 Å². The average Bonchev–Trinajstić information content (AvgIpc) is 4.55. The standard InChI is InChI=1S/2C9H12N2O2S.C7H8N2OS.C5H8N2O3S.C5H7N2O2S.C5H9NO2S.C5H6O2.C4H7NOS/c1-2-13-9(12)7-5-10-11-6-14-4-3-8(7)11;1-2-13-9(12)8-5-7-3-4-14-6-11(7)10-8;10-4-6-3-7-1-2-11-5-9(7)8-6;8-5(9)4-1-2-11-3-7(4)6-10;8-5-4-1-2-10-3-7(4)6-9-5;7-5(8)4-1-2-9-3-6-4;1-3-5(6)7-4-2;5-3-1-2-7-4(3)6/h2*5H,2-4,6H2,1H3;3-4H,1-2,5H2;4H,1-3H2,(H,8,9);4H,1-3H2;4,6H,1-3H2,(H,7,8);1H,4H2,2H3;3H,1-2,5H2/q;;;;+1;;;. The summed E-state index contributed by atoms with van der Waals surface area (Å²) in [5.41, 5.74) is 10.3. The highest BCUT2D eigenvalue weighted by Crippen LogP contribution is 2.24. The van der Waals surface area contributed by atoms with E-state index < -0.39 is 23.9 Å². The molecule has 11 rings (SSSR count). The smallest absolute Gasteiger partial charge is 0.410 e. The Bertz CT molecular complexity index is 2650. The predicted octanol–water partition coefficient (Wildman–Crippen LogP) is 4.74. The second kappa shape index (κ2) is 39.4. The maximum atomic E-state index is 11.5. The van der Waals surface area contributed by atoms with E-state index in [2.05, 4.69) is 47.2 Å². The second-order valence-corrected chi connectivity index (χ2v) is 24.9. The van der Waals surface area contributed by atoms with Crippen LogP contribution in [0.2, 0.25) is 0 Å². The lowest BCUT2D eigenvalue weighted by atomic mass is 10.2. The number of nitroso groups, excluding NO2 is 1. The van der Waals surface area contributed by atoms with Crippen molar-refractivity contribution in [3.05, 3.63) is 57.3 Å². The summed E-state index contributed by atoms with van der Waals surface area (Å²) in [6, 6.07) is 2.44. The maximum Gasteiger partial charge on any atom is 0.410 e. The van der Waals surface area contributed by atoms with Crippen molar-refractivity contribution in [1.82, 2.24) is 39.7 Å². The zero-order valence-electron chi connectivity index (χ0n) is 46.1. The maximum absolute atomic E-state index is 11.5. The molecule has 83 heavy (non-hydrogen) atoms. The first kappa shape index (κ1) is 70.2. The molecule has 0 aliphatic carbocycles. The summed E-state index contributed by atoms with van der Waals surface area (Å²) < 4.78 is 21.5. The molecule has 8 aliphatic rings. The Morgan fingerprint density at radius 3 is 1.93 bits per heavy atom. The number of terminal acetylenes is 1. The Morgan fingerprint density at radius 2 is 1.42 bits per heavy atom. The first-order chi connectivity index (χ1) is 40.1. The lowest BCUT2D eigenvalue weighted by molar-refractivity contribution is -0.601. The number of hydrogen-bond donors (Lipinski definition) is 4. The molecule has 4 saturated heterocycles. The van der Waals surface area contributed by atoms with E-state index in [1.54, 1.807) is 54.2 Å². The number of nitrogens with zero attached hydrogens (tertiary/aromatic N) is 10. The minimum atomic E-state index is -0.968. The number of nitrogens with two attached hydrogens (primary N) is 1. The molecule has 0 radical (unpaired) electrons. The number of carbonyl (C=O) groups is 8. The minimum absolute atomic E-state index is 0.0822. The zero-order chi connectivity index (χ0) is 60.5. The quantitative estimate of drug-likeness (QED) is 0.0427. The van der Waals surface area contributed by atoms with Crippen LogP contribution in [0.1, 0.15) is 94.9 Å². The average molecular weight is 1290 g/mol. The normalized spacial score (nSPS) is 20.4. The molecular weight excluding hydrogens is 1220 g/mol. The largest absolute Gasteiger partial charge is 0.480 e. The summed E-state index contributed by atoms with van der Waals surface area (Å²) in [6.07, 6.45) is 12.9. The number of thioether (sulfide) groups is 7. The van der Waals surface area contributed by atoms with E-state index in [-0.39, 0.29) is 41.1 Å². The Morgan fingerprint density at radius 1 is 0.795 bits per heavy atom. The van der Waals surface area contributed by atoms with E-state index in [0.717, 1.165) is 131 Å². The number of carboxylic acid groups (broad SMARTS) is 2. The fourth-order valence-corrected chi connectivity index (χ4v) is 13.7. The molecule has 0 spiro atoms. The Labute approximate surface area is 509 Å². The molecule has 4 fully saturated rings. The first-order valence-corrected chi connectivity index (χ1v) is 34.0. The van der Waals surface area contributed by atoms with Crippen LogP contribution in [-0.4, -0.2) is 198 Å². The van der Waals surface area contributed by atoms with Crippen molar-refractivity contribution in [1.29, 1.82) is 0 Å². The van der Waals surface area contributed by atoms with Crippen molar-refractivity contribution in [3.8, 4) is 12.3 Å². The number of hydrogen-bond acceptors (Lipinski definition) is 27. The summed E-state index contributed by atoms with van der Waals surface area (Å²) in [5.74, 6) is 10.3. The number of ether oxygens (including phenoxy) is 3. The summed E-state index contributed by atoms with van der Waals surface area (Å²) in [7, 11) is 0. The fraction of sp³-hybridized carbons (Fsp3) is 0.612. The topological polar surface area (TPSA) is 353 Å². The van der Waals surface area contributed by atoms with Gasteiger partial charge in [-0.2, -0.15) is 15.3 Å². The van der Waals surface area contributed by atoms with Gasteiger partial charge in [0, 0.05) is 58.4 Å². The zero-order valence-corrected chi connectivity index (χ0v) is 51.8. The van der Waals surface area contributed by atoms with Crippen LogP contribution in [-0.2, 0) is 79.9 Å². The number of carbonyl (C=O) groups excluding carboxylic acids is 6. The molecule has 11 heterocycles. The molecule has 0 aromatic carbocycles. The van der Waals surface area contributed by atoms with Crippen LogP contribution in [0.4, 0.5) is 0 Å². The van der Waals surface area contributed by atoms with Crippen molar-refractivity contribution in [3.63, 3.8) is 0 Å². The number of nitrogens with one attached hydrogen (secondary N) is 1. The lowest BCUT2D eigenvalue weighted by Crippen LogP contribution is -2.40. The van der Waals surface area contributed by atoms with E-state index in [9.17, 15) is 43.3 Å². The predicted molar refractivity (Wildman–Crippen MR) is 320 cm³/mol. The summed E-state index contributed by atoms with van der Waals surface area (Å²) in [6.45, 7) is 6.47. The lowest BCUT2D eigenvalue weighted by Gasteiger charge is -2.26. The number of rotatable bonds is 9. The number of carboxylic acids is 2. The van der Waals surface area contributed by atoms with Gasteiger partial charge in [-0.3, -0.25) is 38.6 Å². The van der Waals surface area contributed by atoms with Gasteiger partial charge >= 0.3 is 35.8 Å². The monoisotopic (exact) mass is 1290 g/mol. The highest BCUT2D eigenvalue weighted by atomic mass is 32.2. The molecule has 4 unspecified atom stereocenters. The molecule has 3 aromatic heterocycles. The Kier molecular flexibility index (Phi) is 33.3. The third-order valence-electron chi connectivity index (χ3n) is 11.7. The number of aliphatic carboxylic acids is 2. The highest BCUT2D eigenvalue weighted by Gasteiger charge is 2.42.